The van der Waals surface area contributed by atoms with Crippen LogP contribution in [0.15, 0.2) is 73.1 Å². The van der Waals surface area contributed by atoms with E-state index in [9.17, 15) is 18.0 Å². The van der Waals surface area contributed by atoms with Gasteiger partial charge in [-0.25, -0.2) is 4.68 Å². The highest BCUT2D eigenvalue weighted by Crippen LogP contribution is 2.20. The van der Waals surface area contributed by atoms with Crippen molar-refractivity contribution in [2.75, 3.05) is 11.9 Å². The normalized spacial score (nSPS) is 11.5. The summed E-state index contributed by atoms with van der Waals surface area (Å²) in [7, 11) is 0. The first-order valence-electron chi connectivity index (χ1n) is 8.28. The first kappa shape index (κ1) is 19.2. The van der Waals surface area contributed by atoms with Crippen molar-refractivity contribution < 1.29 is 22.7 Å². The molecule has 3 aromatic rings. The number of nitrogens with one attached hydrogen (secondary N) is 1. The molecule has 3 rings (SSSR count). The minimum Gasteiger partial charge on any atom is -0.484 e. The lowest BCUT2D eigenvalue weighted by molar-refractivity contribution is -0.153. The number of halogens is 3. The number of benzene rings is 2. The maximum absolute atomic E-state index is 12.1. The largest absolute Gasteiger partial charge is 0.484 e. The lowest BCUT2D eigenvalue weighted by Gasteiger charge is -2.09. The van der Waals surface area contributed by atoms with Gasteiger partial charge in [0.1, 0.15) is 5.75 Å². The number of nitrogens with zero attached hydrogens (tertiary/aromatic N) is 2. The van der Waals surface area contributed by atoms with E-state index in [1.54, 1.807) is 23.2 Å². The number of ether oxygens (including phenoxy) is 1. The minimum absolute atomic E-state index is 0.0687. The van der Waals surface area contributed by atoms with Crippen molar-refractivity contribution in [3.8, 4) is 11.4 Å². The molecule has 0 saturated heterocycles. The molecule has 0 aliphatic heterocycles. The number of carbonyl (C=O) groups is 1. The summed E-state index contributed by atoms with van der Waals surface area (Å²) < 4.78 is 42.7. The van der Waals surface area contributed by atoms with Gasteiger partial charge in [-0.3, -0.25) is 4.79 Å². The van der Waals surface area contributed by atoms with Gasteiger partial charge in [0.2, 0.25) is 5.91 Å². The molecule has 2 aromatic carbocycles. The molecule has 8 heteroatoms. The summed E-state index contributed by atoms with van der Waals surface area (Å²) in [4.78, 5) is 12.0. The van der Waals surface area contributed by atoms with Crippen molar-refractivity contribution in [3.05, 3.63) is 78.6 Å². The Morgan fingerprint density at radius 2 is 1.82 bits per heavy atom. The molecule has 0 unspecified atom stereocenters. The first-order chi connectivity index (χ1) is 13.4. The van der Waals surface area contributed by atoms with E-state index in [0.29, 0.717) is 5.69 Å². The Morgan fingerprint density at radius 1 is 1.11 bits per heavy atom. The van der Waals surface area contributed by atoms with Crippen LogP contribution >= 0.6 is 0 Å². The molecule has 0 atom stereocenters. The number of amides is 1. The predicted molar refractivity (Wildman–Crippen MR) is 99.2 cm³/mol. The van der Waals surface area contributed by atoms with E-state index in [2.05, 4.69) is 15.2 Å². The summed E-state index contributed by atoms with van der Waals surface area (Å²) in [5.41, 5.74) is 2.09. The van der Waals surface area contributed by atoms with Crippen LogP contribution in [-0.2, 0) is 4.79 Å². The number of para-hydroxylation sites is 1. The van der Waals surface area contributed by atoms with Crippen molar-refractivity contribution in [2.24, 2.45) is 0 Å². The summed E-state index contributed by atoms with van der Waals surface area (Å²) in [6, 6.07) is 15.2. The zero-order valence-corrected chi connectivity index (χ0v) is 14.6. The number of alkyl halides is 3. The molecule has 28 heavy (non-hydrogen) atoms. The van der Waals surface area contributed by atoms with Crippen LogP contribution in [-0.4, -0.2) is 28.5 Å². The zero-order chi connectivity index (χ0) is 20.0. The van der Waals surface area contributed by atoms with Crippen molar-refractivity contribution in [2.45, 2.75) is 6.18 Å². The third-order valence-electron chi connectivity index (χ3n) is 3.57. The van der Waals surface area contributed by atoms with Crippen molar-refractivity contribution >= 4 is 17.7 Å². The Morgan fingerprint density at radius 3 is 2.50 bits per heavy atom. The highest BCUT2D eigenvalue weighted by Gasteiger charge is 2.28. The number of rotatable bonds is 6. The van der Waals surface area contributed by atoms with Crippen LogP contribution in [0.3, 0.4) is 0 Å². The standard InChI is InChI=1S/C20H16F3N3O2/c21-20(22,23)14-28-18-9-7-16(8-10-18)25-19(27)11-6-15-12-24-26(13-15)17-4-2-1-3-5-17/h1-13H,14H2,(H,25,27)/b11-6+. The topological polar surface area (TPSA) is 56.2 Å². The van der Waals surface area contributed by atoms with E-state index in [1.165, 1.54) is 30.3 Å². The van der Waals surface area contributed by atoms with Crippen molar-refractivity contribution in [3.63, 3.8) is 0 Å². The number of hydrogen-bond acceptors (Lipinski definition) is 3. The highest BCUT2D eigenvalue weighted by atomic mass is 19.4. The van der Waals surface area contributed by atoms with Crippen LogP contribution in [0.5, 0.6) is 5.75 Å². The van der Waals surface area contributed by atoms with Gasteiger partial charge in [0.15, 0.2) is 6.61 Å². The average molecular weight is 387 g/mol. The van der Waals surface area contributed by atoms with E-state index < -0.39 is 12.8 Å². The molecule has 1 N–H and O–H groups in total. The number of carbonyl (C=O) groups excluding carboxylic acids is 1. The molecule has 0 aliphatic carbocycles. The minimum atomic E-state index is -4.40. The Labute approximate surface area is 159 Å². The Bertz CT molecular complexity index is 949. The van der Waals surface area contributed by atoms with Gasteiger partial charge >= 0.3 is 6.18 Å². The van der Waals surface area contributed by atoms with Crippen LogP contribution in [0.2, 0.25) is 0 Å². The monoisotopic (exact) mass is 387 g/mol. The van der Waals surface area contributed by atoms with Crippen LogP contribution in [0, 0.1) is 0 Å². The maximum Gasteiger partial charge on any atom is 0.422 e. The van der Waals surface area contributed by atoms with Gasteiger partial charge in [0.05, 0.1) is 11.9 Å². The van der Waals surface area contributed by atoms with E-state index in [0.717, 1.165) is 11.3 Å². The summed E-state index contributed by atoms with van der Waals surface area (Å²) in [6.45, 7) is -1.36. The predicted octanol–water partition coefficient (Wildman–Crippen LogP) is 4.47. The smallest absolute Gasteiger partial charge is 0.422 e. The third kappa shape index (κ3) is 5.73. The molecule has 5 nitrogen and oxygen atoms in total. The average Bonchev–Trinajstić information content (AvgIpc) is 3.15. The van der Waals surface area contributed by atoms with Crippen molar-refractivity contribution in [1.82, 2.24) is 9.78 Å². The SMILES string of the molecule is O=C(/C=C/c1cnn(-c2ccccc2)c1)Nc1ccc(OCC(F)(F)F)cc1. The first-order valence-corrected chi connectivity index (χ1v) is 8.28. The van der Waals surface area contributed by atoms with Gasteiger partial charge in [-0.2, -0.15) is 18.3 Å². The molecule has 1 aromatic heterocycles. The van der Waals surface area contributed by atoms with E-state index in [1.807, 2.05) is 30.3 Å². The van der Waals surface area contributed by atoms with Crippen LogP contribution in [0.1, 0.15) is 5.56 Å². The van der Waals surface area contributed by atoms with E-state index >= 15 is 0 Å². The van der Waals surface area contributed by atoms with Crippen LogP contribution < -0.4 is 10.1 Å². The molecule has 0 bridgehead atoms. The van der Waals surface area contributed by atoms with Crippen LogP contribution in [0.4, 0.5) is 18.9 Å². The number of aromatic nitrogens is 2. The molecule has 144 valence electrons. The molecule has 1 heterocycles. The van der Waals surface area contributed by atoms with Gasteiger partial charge < -0.3 is 10.1 Å². The van der Waals surface area contributed by atoms with Gasteiger partial charge in [-0.15, -0.1) is 0 Å². The number of anilines is 1. The van der Waals surface area contributed by atoms with Crippen molar-refractivity contribution in [1.29, 1.82) is 0 Å². The Hall–Kier alpha value is -3.55. The fourth-order valence-corrected chi connectivity index (χ4v) is 2.30. The lowest BCUT2D eigenvalue weighted by atomic mass is 10.3. The molecule has 0 aliphatic rings. The van der Waals surface area contributed by atoms with Gasteiger partial charge in [-0.1, -0.05) is 18.2 Å². The van der Waals surface area contributed by atoms with E-state index in [4.69, 9.17) is 0 Å². The quantitative estimate of drug-likeness (QED) is 0.635. The molecular weight excluding hydrogens is 371 g/mol. The second-order valence-electron chi connectivity index (χ2n) is 5.80. The molecule has 1 amide bonds. The fraction of sp³-hybridized carbons (Fsp3) is 0.100. The molecular formula is C20H16F3N3O2. The molecule has 0 radical (unpaired) electrons. The molecule has 0 saturated carbocycles. The van der Waals surface area contributed by atoms with Gasteiger partial charge in [0, 0.05) is 23.5 Å². The fourth-order valence-electron chi connectivity index (χ4n) is 2.30. The highest BCUT2D eigenvalue weighted by molar-refractivity contribution is 6.01. The summed E-state index contributed by atoms with van der Waals surface area (Å²) in [6.07, 6.45) is 1.98. The van der Waals surface area contributed by atoms with Gasteiger partial charge in [-0.05, 0) is 42.5 Å². The lowest BCUT2D eigenvalue weighted by Crippen LogP contribution is -2.19. The molecule has 0 spiro atoms. The van der Waals surface area contributed by atoms with Gasteiger partial charge in [0.25, 0.3) is 0 Å². The Balaban J connectivity index is 1.55. The summed E-state index contributed by atoms with van der Waals surface area (Å²) >= 11 is 0. The van der Waals surface area contributed by atoms with Crippen LogP contribution in [0.25, 0.3) is 11.8 Å². The Kier molecular flexibility index (Phi) is 5.78. The van der Waals surface area contributed by atoms with E-state index in [-0.39, 0.29) is 11.7 Å². The second-order valence-corrected chi connectivity index (χ2v) is 5.80. The maximum atomic E-state index is 12.1. The summed E-state index contributed by atoms with van der Waals surface area (Å²) in [5, 5.41) is 6.85. The third-order valence-corrected chi connectivity index (χ3v) is 3.57. The second kappa shape index (κ2) is 8.43. The zero-order valence-electron chi connectivity index (χ0n) is 14.6. The number of hydrogen-bond donors (Lipinski definition) is 1. The molecule has 0 fully saturated rings. The summed E-state index contributed by atoms with van der Waals surface area (Å²) in [5.74, 6) is -0.310.